The summed E-state index contributed by atoms with van der Waals surface area (Å²) in [5, 5.41) is 4.19. The van der Waals surface area contributed by atoms with Gasteiger partial charge in [-0.2, -0.15) is 4.98 Å². The number of aromatic nitrogens is 4. The van der Waals surface area contributed by atoms with E-state index in [0.29, 0.717) is 31.3 Å². The molecule has 3 aromatic rings. The minimum Gasteiger partial charge on any atom is -0.340 e. The van der Waals surface area contributed by atoms with E-state index >= 15 is 0 Å². The van der Waals surface area contributed by atoms with Crippen molar-refractivity contribution in [3.8, 4) is 11.4 Å². The van der Waals surface area contributed by atoms with Crippen LogP contribution in [0.2, 0.25) is 0 Å². The monoisotopic (exact) mass is 432 g/mol. The van der Waals surface area contributed by atoms with E-state index in [2.05, 4.69) is 31.1 Å². The van der Waals surface area contributed by atoms with Crippen LogP contribution in [0.25, 0.3) is 11.4 Å². The zero-order chi connectivity index (χ0) is 21.8. The van der Waals surface area contributed by atoms with E-state index < -0.39 is 0 Å². The summed E-state index contributed by atoms with van der Waals surface area (Å²) in [5.41, 5.74) is 1.95. The van der Waals surface area contributed by atoms with Gasteiger partial charge in [0, 0.05) is 49.4 Å². The van der Waals surface area contributed by atoms with Gasteiger partial charge < -0.3 is 9.42 Å². The van der Waals surface area contributed by atoms with Crippen molar-refractivity contribution in [1.82, 2.24) is 29.9 Å². The van der Waals surface area contributed by atoms with Gasteiger partial charge in [-0.25, -0.2) is 0 Å². The molecule has 2 aliphatic heterocycles. The highest BCUT2D eigenvalue weighted by atomic mass is 16.5. The van der Waals surface area contributed by atoms with Crippen molar-refractivity contribution < 1.29 is 9.32 Å². The van der Waals surface area contributed by atoms with Crippen LogP contribution in [0.5, 0.6) is 0 Å². The smallest absolute Gasteiger partial charge is 0.236 e. The van der Waals surface area contributed by atoms with E-state index in [-0.39, 0.29) is 17.7 Å². The van der Waals surface area contributed by atoms with Crippen LogP contribution in [0, 0.1) is 0 Å². The fraction of sp³-hybridized carbons (Fsp3) is 0.458. The molecule has 3 aromatic heterocycles. The minimum atomic E-state index is -0.0598. The summed E-state index contributed by atoms with van der Waals surface area (Å²) in [6, 6.07) is 7.72. The molecule has 2 aliphatic rings. The molecular weight excluding hydrogens is 404 g/mol. The van der Waals surface area contributed by atoms with Gasteiger partial charge in [-0.1, -0.05) is 24.1 Å². The highest BCUT2D eigenvalue weighted by Gasteiger charge is 2.40. The third-order valence-electron chi connectivity index (χ3n) is 6.54. The molecule has 0 bridgehead atoms. The van der Waals surface area contributed by atoms with E-state index in [1.54, 1.807) is 18.6 Å². The molecule has 0 unspecified atom stereocenters. The Morgan fingerprint density at radius 1 is 0.969 bits per heavy atom. The Bertz CT molecular complexity index is 1020. The molecule has 2 saturated heterocycles. The Hall–Kier alpha value is -3.13. The van der Waals surface area contributed by atoms with Crippen LogP contribution in [0.1, 0.15) is 49.0 Å². The largest absolute Gasteiger partial charge is 0.340 e. The number of carbonyl (C=O) groups excluding carboxylic acids is 1. The lowest BCUT2D eigenvalue weighted by molar-refractivity contribution is -0.131. The molecule has 0 saturated carbocycles. The molecule has 32 heavy (non-hydrogen) atoms. The van der Waals surface area contributed by atoms with Gasteiger partial charge in [-0.3, -0.25) is 19.7 Å². The summed E-state index contributed by atoms with van der Waals surface area (Å²) < 4.78 is 5.70. The number of hydrogen-bond acceptors (Lipinski definition) is 7. The van der Waals surface area contributed by atoms with E-state index in [1.807, 2.05) is 29.3 Å². The Morgan fingerprint density at radius 3 is 2.50 bits per heavy atom. The van der Waals surface area contributed by atoms with Crippen molar-refractivity contribution in [1.29, 1.82) is 0 Å². The van der Waals surface area contributed by atoms with Crippen molar-refractivity contribution in [3.63, 3.8) is 0 Å². The van der Waals surface area contributed by atoms with Gasteiger partial charge in [-0.05, 0) is 49.7 Å². The molecule has 8 nitrogen and oxygen atoms in total. The van der Waals surface area contributed by atoms with E-state index in [0.717, 1.165) is 24.2 Å². The molecule has 0 aromatic carbocycles. The van der Waals surface area contributed by atoms with Crippen LogP contribution in [0.4, 0.5) is 0 Å². The van der Waals surface area contributed by atoms with Crippen LogP contribution in [-0.4, -0.2) is 68.5 Å². The summed E-state index contributed by atoms with van der Waals surface area (Å²) in [4.78, 5) is 30.5. The third-order valence-corrected chi connectivity index (χ3v) is 6.54. The lowest BCUT2D eigenvalue weighted by Crippen LogP contribution is -2.39. The first-order valence-corrected chi connectivity index (χ1v) is 11.4. The average molecular weight is 433 g/mol. The Kier molecular flexibility index (Phi) is 6.20. The fourth-order valence-corrected chi connectivity index (χ4v) is 4.78. The second-order valence-corrected chi connectivity index (χ2v) is 8.68. The van der Waals surface area contributed by atoms with Crippen molar-refractivity contribution in [2.45, 2.75) is 37.5 Å². The summed E-state index contributed by atoms with van der Waals surface area (Å²) in [5.74, 6) is 1.30. The molecule has 0 spiro atoms. The van der Waals surface area contributed by atoms with Crippen molar-refractivity contribution in [2.75, 3.05) is 32.7 Å². The van der Waals surface area contributed by atoms with Crippen molar-refractivity contribution in [2.24, 2.45) is 0 Å². The number of pyridine rings is 2. The number of rotatable bonds is 5. The Balaban J connectivity index is 1.36. The van der Waals surface area contributed by atoms with Gasteiger partial charge in [0.05, 0.1) is 12.5 Å². The SMILES string of the molecule is O=C(CN1CCCCCC1)N1C[C@@H](c2cccnc2)[C@H](c2nc(-c3ccncc3)no2)C1. The quantitative estimate of drug-likeness (QED) is 0.612. The topological polar surface area (TPSA) is 88.3 Å². The van der Waals surface area contributed by atoms with Gasteiger partial charge in [0.15, 0.2) is 0 Å². The summed E-state index contributed by atoms with van der Waals surface area (Å²) >= 11 is 0. The number of likely N-dealkylation sites (tertiary alicyclic amines) is 2. The third kappa shape index (κ3) is 4.55. The fourth-order valence-electron chi connectivity index (χ4n) is 4.78. The molecule has 0 radical (unpaired) electrons. The van der Waals surface area contributed by atoms with Crippen LogP contribution in [-0.2, 0) is 4.79 Å². The first-order chi connectivity index (χ1) is 15.8. The zero-order valence-electron chi connectivity index (χ0n) is 18.1. The summed E-state index contributed by atoms with van der Waals surface area (Å²) in [6.45, 7) is 3.71. The van der Waals surface area contributed by atoms with Crippen LogP contribution in [0.3, 0.4) is 0 Å². The molecule has 0 N–H and O–H groups in total. The van der Waals surface area contributed by atoms with Crippen LogP contribution >= 0.6 is 0 Å². The van der Waals surface area contributed by atoms with Gasteiger partial charge >= 0.3 is 0 Å². The molecular formula is C24H28N6O2. The summed E-state index contributed by atoms with van der Waals surface area (Å²) in [6.07, 6.45) is 11.9. The molecule has 5 heterocycles. The number of hydrogen-bond donors (Lipinski definition) is 0. The van der Waals surface area contributed by atoms with E-state index in [1.165, 1.54) is 25.7 Å². The van der Waals surface area contributed by atoms with Crippen LogP contribution < -0.4 is 0 Å². The lowest BCUT2D eigenvalue weighted by atomic mass is 9.90. The molecule has 5 rings (SSSR count). The predicted molar refractivity (Wildman–Crippen MR) is 119 cm³/mol. The predicted octanol–water partition coefficient (Wildman–Crippen LogP) is 3.11. The number of carbonyl (C=O) groups is 1. The number of nitrogens with zero attached hydrogens (tertiary/aromatic N) is 6. The van der Waals surface area contributed by atoms with Gasteiger partial charge in [0.25, 0.3) is 0 Å². The molecule has 0 aliphatic carbocycles. The van der Waals surface area contributed by atoms with E-state index in [4.69, 9.17) is 4.52 Å². The van der Waals surface area contributed by atoms with E-state index in [9.17, 15) is 4.79 Å². The lowest BCUT2D eigenvalue weighted by Gasteiger charge is -2.23. The molecule has 8 heteroatoms. The maximum absolute atomic E-state index is 13.2. The maximum atomic E-state index is 13.2. The van der Waals surface area contributed by atoms with Gasteiger partial charge in [0.1, 0.15) is 0 Å². The first-order valence-electron chi connectivity index (χ1n) is 11.4. The second kappa shape index (κ2) is 9.56. The highest BCUT2D eigenvalue weighted by molar-refractivity contribution is 5.79. The molecule has 2 fully saturated rings. The molecule has 2 atom stereocenters. The first kappa shape index (κ1) is 20.8. The normalized spacial score (nSPS) is 22.1. The Morgan fingerprint density at radius 2 is 1.75 bits per heavy atom. The second-order valence-electron chi connectivity index (χ2n) is 8.68. The number of amides is 1. The Labute approximate surface area is 187 Å². The summed E-state index contributed by atoms with van der Waals surface area (Å²) in [7, 11) is 0. The van der Waals surface area contributed by atoms with Crippen LogP contribution in [0.15, 0.2) is 53.6 Å². The zero-order valence-corrected chi connectivity index (χ0v) is 18.1. The standard InChI is InChI=1S/C24H28N6O2/c31-22(17-29-12-3-1-2-4-13-29)30-15-20(19-6-5-9-26-14-19)21(16-30)24-27-23(28-32-24)18-7-10-25-11-8-18/h5-11,14,20-21H,1-4,12-13,15-17H2/t20-,21+/m0/s1. The molecule has 166 valence electrons. The maximum Gasteiger partial charge on any atom is 0.236 e. The average Bonchev–Trinajstić information content (AvgIpc) is 3.43. The van der Waals surface area contributed by atoms with Crippen molar-refractivity contribution in [3.05, 3.63) is 60.5 Å². The van der Waals surface area contributed by atoms with Gasteiger partial charge in [-0.15, -0.1) is 0 Å². The highest BCUT2D eigenvalue weighted by Crippen LogP contribution is 2.39. The van der Waals surface area contributed by atoms with Crippen molar-refractivity contribution >= 4 is 5.91 Å². The van der Waals surface area contributed by atoms with Gasteiger partial charge in [0.2, 0.25) is 17.6 Å². The minimum absolute atomic E-state index is 0.0598. The molecule has 1 amide bonds.